The number of quaternary nitrogens is 1. The van der Waals surface area contributed by atoms with Crippen molar-refractivity contribution in [2.75, 3.05) is 20.6 Å². The minimum absolute atomic E-state index is 1.05. The molecule has 0 fully saturated rings. The van der Waals surface area contributed by atoms with Gasteiger partial charge < -0.3 is 8.26 Å². The summed E-state index contributed by atoms with van der Waals surface area (Å²) in [5.74, 6) is 0. The van der Waals surface area contributed by atoms with Crippen LogP contribution in [0.2, 0.25) is 32.7 Å². The van der Waals surface area contributed by atoms with Crippen molar-refractivity contribution >= 4 is 16.8 Å². The highest BCUT2D eigenvalue weighted by atomic mass is 28.4. The van der Waals surface area contributed by atoms with Crippen LogP contribution in [0.4, 0.5) is 0 Å². The quantitative estimate of drug-likeness (QED) is 0.662. The van der Waals surface area contributed by atoms with Crippen molar-refractivity contribution in [2.24, 2.45) is 0 Å². The molecule has 0 unspecified atom stereocenters. The molecule has 0 aromatic rings. The molecule has 0 saturated heterocycles. The average molecular weight is 220 g/mol. The van der Waals surface area contributed by atoms with E-state index in [0.29, 0.717) is 0 Å². The van der Waals surface area contributed by atoms with Crippen LogP contribution in [-0.2, 0) is 4.12 Å². The van der Waals surface area contributed by atoms with E-state index >= 15 is 0 Å². The first-order valence-corrected chi connectivity index (χ1v) is 11.3. The van der Waals surface area contributed by atoms with E-state index in [2.05, 4.69) is 53.8 Å². The lowest BCUT2D eigenvalue weighted by atomic mass is 10.7. The summed E-state index contributed by atoms with van der Waals surface area (Å²) >= 11 is 0. The van der Waals surface area contributed by atoms with Gasteiger partial charge in [0.05, 0.1) is 20.6 Å². The van der Waals surface area contributed by atoms with E-state index in [0.717, 1.165) is 10.7 Å². The fraction of sp³-hybridized carbons (Fsp3) is 1.00. The van der Waals surface area contributed by atoms with Crippen LogP contribution in [0, 0.1) is 0 Å². The molecule has 0 bridgehead atoms. The van der Waals surface area contributed by atoms with E-state index in [1.807, 2.05) is 0 Å². The predicted octanol–water partition coefficient (Wildman–Crippen LogP) is 2.64. The maximum Gasteiger partial charge on any atom is 0.419 e. The van der Waals surface area contributed by atoms with Gasteiger partial charge in [-0.3, -0.25) is 0 Å². The molecule has 2 nitrogen and oxygen atoms in total. The first-order chi connectivity index (χ1) is 5.52. The van der Waals surface area contributed by atoms with Crippen LogP contribution in [0.3, 0.4) is 0 Å². The molecule has 0 aliphatic heterocycles. The largest absolute Gasteiger partial charge is 0.419 e. The van der Waals surface area contributed by atoms with Crippen LogP contribution in [0.5, 0.6) is 0 Å². The molecule has 4 heteroatoms. The number of nitrogens with zero attached hydrogens (tertiary/aromatic N) is 1. The van der Waals surface area contributed by atoms with Crippen LogP contribution in [-0.4, -0.2) is 41.6 Å². The van der Waals surface area contributed by atoms with Gasteiger partial charge in [-0.25, -0.2) is 0 Å². The van der Waals surface area contributed by atoms with Gasteiger partial charge in [-0.15, -0.1) is 0 Å². The molecule has 0 rings (SSSR count). The van der Waals surface area contributed by atoms with Crippen molar-refractivity contribution in [1.82, 2.24) is 0 Å². The molecule has 13 heavy (non-hydrogen) atoms. The van der Waals surface area contributed by atoms with Gasteiger partial charge in [-0.05, 0) is 26.6 Å². The van der Waals surface area contributed by atoms with Crippen molar-refractivity contribution < 1.29 is 8.26 Å². The molecule has 0 atom stereocenters. The van der Waals surface area contributed by atoms with Crippen LogP contribution in [0.15, 0.2) is 0 Å². The molecule has 0 N–H and O–H groups in total. The van der Waals surface area contributed by atoms with Gasteiger partial charge in [0.15, 0.2) is 8.32 Å². The minimum Gasteiger partial charge on any atom is -0.413 e. The van der Waals surface area contributed by atoms with Crippen LogP contribution < -0.4 is 0 Å². The van der Waals surface area contributed by atoms with Gasteiger partial charge in [-0.2, -0.15) is 0 Å². The molecular formula is C9H26NOSi2+. The summed E-state index contributed by atoms with van der Waals surface area (Å²) in [6, 6.07) is 0. The Hall–Kier alpha value is 0.354. The Labute approximate surface area is 85.8 Å². The van der Waals surface area contributed by atoms with E-state index in [-0.39, 0.29) is 0 Å². The van der Waals surface area contributed by atoms with Crippen molar-refractivity contribution in [3.63, 3.8) is 0 Å². The van der Waals surface area contributed by atoms with Crippen molar-refractivity contribution in [2.45, 2.75) is 39.7 Å². The summed E-state index contributed by atoms with van der Waals surface area (Å²) in [4.78, 5) is 0. The number of hydrogen-bond acceptors (Lipinski definition) is 1. The van der Waals surface area contributed by atoms with Gasteiger partial charge in [0, 0.05) is 13.1 Å². The fourth-order valence-electron chi connectivity index (χ4n) is 1.25. The Kier molecular flexibility index (Phi) is 3.95. The second-order valence-corrected chi connectivity index (χ2v) is 14.8. The summed E-state index contributed by atoms with van der Waals surface area (Å²) in [5, 5.41) is 0. The summed E-state index contributed by atoms with van der Waals surface area (Å²) in [7, 11) is 1.63. The molecule has 0 amide bonds. The van der Waals surface area contributed by atoms with Crippen molar-refractivity contribution in [3.05, 3.63) is 0 Å². The Morgan fingerprint density at radius 1 is 1.00 bits per heavy atom. The molecular weight excluding hydrogens is 194 g/mol. The molecule has 0 aliphatic rings. The second-order valence-electron chi connectivity index (χ2n) is 5.66. The lowest BCUT2D eigenvalue weighted by Gasteiger charge is -2.44. The third-order valence-corrected chi connectivity index (χ3v) is 10.5. The SMILES string of the molecule is CC[N+](C)(C)[Si](C)(C)O[Si](C)(C)C. The maximum absolute atomic E-state index is 6.33. The average Bonchev–Trinajstić information content (AvgIpc) is 1.81. The maximum atomic E-state index is 6.33. The highest BCUT2D eigenvalue weighted by Crippen LogP contribution is 2.21. The Morgan fingerprint density at radius 2 is 1.38 bits per heavy atom. The Morgan fingerprint density at radius 3 is 1.62 bits per heavy atom. The number of rotatable bonds is 4. The zero-order valence-corrected chi connectivity index (χ0v) is 12.6. The van der Waals surface area contributed by atoms with Gasteiger partial charge >= 0.3 is 8.48 Å². The third-order valence-electron chi connectivity index (χ3n) is 2.80. The standard InChI is InChI=1S/C9H26NOSi2/c1-9-10(2,3)13(7,8)11-12(4,5)6/h9H2,1-8H3/q+1. The topological polar surface area (TPSA) is 9.23 Å². The van der Waals surface area contributed by atoms with Gasteiger partial charge in [0.2, 0.25) is 0 Å². The molecule has 0 aromatic carbocycles. The van der Waals surface area contributed by atoms with Crippen molar-refractivity contribution in [1.29, 1.82) is 0 Å². The van der Waals surface area contributed by atoms with Crippen LogP contribution >= 0.6 is 0 Å². The predicted molar refractivity (Wildman–Crippen MR) is 64.6 cm³/mol. The summed E-state index contributed by atoms with van der Waals surface area (Å²) in [6.07, 6.45) is 0. The third kappa shape index (κ3) is 3.93. The number of hydrogen-bond donors (Lipinski definition) is 0. The molecule has 0 saturated carbocycles. The van der Waals surface area contributed by atoms with Gasteiger partial charge in [0.25, 0.3) is 0 Å². The van der Waals surface area contributed by atoms with Gasteiger partial charge in [-0.1, -0.05) is 0 Å². The molecule has 80 valence electrons. The Balaban J connectivity index is 4.58. The first-order valence-electron chi connectivity index (χ1n) is 5.05. The van der Waals surface area contributed by atoms with Crippen LogP contribution in [0.25, 0.3) is 0 Å². The van der Waals surface area contributed by atoms with Gasteiger partial charge in [0.1, 0.15) is 0 Å². The second kappa shape index (κ2) is 3.84. The van der Waals surface area contributed by atoms with E-state index in [4.69, 9.17) is 4.12 Å². The normalized spacial score (nSPS) is 14.8. The van der Waals surface area contributed by atoms with E-state index in [1.54, 1.807) is 0 Å². The molecule has 0 aromatic heterocycles. The highest BCUT2D eigenvalue weighted by molar-refractivity contribution is 6.81. The van der Waals surface area contributed by atoms with Crippen LogP contribution in [0.1, 0.15) is 6.92 Å². The summed E-state index contributed by atoms with van der Waals surface area (Å²) in [6.45, 7) is 14.9. The first kappa shape index (κ1) is 13.4. The van der Waals surface area contributed by atoms with Crippen molar-refractivity contribution in [3.8, 4) is 0 Å². The summed E-state index contributed by atoms with van der Waals surface area (Å²) < 4.78 is 7.38. The molecule has 0 spiro atoms. The zero-order chi connectivity index (χ0) is 10.9. The zero-order valence-electron chi connectivity index (χ0n) is 10.6. The van der Waals surface area contributed by atoms with E-state index < -0.39 is 16.8 Å². The molecule has 0 heterocycles. The monoisotopic (exact) mass is 220 g/mol. The lowest BCUT2D eigenvalue weighted by Crippen LogP contribution is -2.64. The summed E-state index contributed by atoms with van der Waals surface area (Å²) in [5.41, 5.74) is 0. The highest BCUT2D eigenvalue weighted by Gasteiger charge is 2.45. The molecule has 0 aliphatic carbocycles. The Bertz CT molecular complexity index is 173. The van der Waals surface area contributed by atoms with E-state index in [1.165, 1.54) is 0 Å². The van der Waals surface area contributed by atoms with E-state index in [9.17, 15) is 0 Å². The minimum atomic E-state index is -1.57. The fourth-order valence-corrected chi connectivity index (χ4v) is 9.00. The smallest absolute Gasteiger partial charge is 0.413 e. The lowest BCUT2D eigenvalue weighted by molar-refractivity contribution is -0.796. The molecule has 0 radical (unpaired) electrons.